The Bertz CT molecular complexity index is 1150. The SMILES string of the molecule is CCCCCCCCCCCCCCCCCCCCCCCCCCCCCCCCCCCCCCC(=O)OC(COC(=O)CCCCCCCCCCCC)COP(=O)(O)OCC[N+](C)(C)C. The van der Waals surface area contributed by atoms with Gasteiger partial charge in [-0.15, -0.1) is 0 Å². The third-order valence-corrected chi connectivity index (χ3v) is 15.1. The molecule has 0 aromatic rings. The fourth-order valence-corrected chi connectivity index (χ4v) is 10.1. The van der Waals surface area contributed by atoms with Crippen molar-refractivity contribution in [3.05, 3.63) is 0 Å². The van der Waals surface area contributed by atoms with Crippen LogP contribution in [0.4, 0.5) is 0 Å². The molecule has 0 rings (SSSR count). The smallest absolute Gasteiger partial charge is 0.462 e. The van der Waals surface area contributed by atoms with Gasteiger partial charge >= 0.3 is 19.8 Å². The van der Waals surface area contributed by atoms with Crippen molar-refractivity contribution in [1.29, 1.82) is 0 Å². The number of quaternary nitrogens is 1. The van der Waals surface area contributed by atoms with Crippen molar-refractivity contribution in [3.63, 3.8) is 0 Å². The summed E-state index contributed by atoms with van der Waals surface area (Å²) in [5.41, 5.74) is 0. The van der Waals surface area contributed by atoms with Crippen LogP contribution in [-0.4, -0.2) is 74.9 Å². The van der Waals surface area contributed by atoms with Crippen LogP contribution >= 0.6 is 7.82 Å². The first-order valence-corrected chi connectivity index (χ1v) is 32.3. The molecule has 9 nitrogen and oxygen atoms in total. The lowest BCUT2D eigenvalue weighted by Crippen LogP contribution is -2.37. The Morgan fingerprint density at radius 1 is 0.386 bits per heavy atom. The van der Waals surface area contributed by atoms with Gasteiger partial charge in [0, 0.05) is 12.8 Å². The molecule has 0 bridgehead atoms. The number of likely N-dealkylation sites (N-methyl/N-ethyl adjacent to an activating group) is 1. The number of hydrogen-bond donors (Lipinski definition) is 1. The quantitative estimate of drug-likeness (QED) is 0.0278. The molecule has 0 fully saturated rings. The Morgan fingerprint density at radius 2 is 0.643 bits per heavy atom. The van der Waals surface area contributed by atoms with E-state index in [2.05, 4.69) is 13.8 Å². The second-order valence-corrected chi connectivity index (χ2v) is 23.9. The molecule has 0 aliphatic carbocycles. The summed E-state index contributed by atoms with van der Waals surface area (Å²) in [7, 11) is 1.50. The van der Waals surface area contributed by atoms with E-state index in [0.717, 1.165) is 38.5 Å². The van der Waals surface area contributed by atoms with Gasteiger partial charge in [-0.2, -0.15) is 0 Å². The van der Waals surface area contributed by atoms with Crippen molar-refractivity contribution in [2.45, 2.75) is 328 Å². The first-order valence-electron chi connectivity index (χ1n) is 30.8. The minimum atomic E-state index is -4.37. The molecule has 0 aromatic heterocycles. The molecule has 2 atom stereocenters. The van der Waals surface area contributed by atoms with Crippen molar-refractivity contribution in [2.24, 2.45) is 0 Å². The lowest BCUT2D eigenvalue weighted by Gasteiger charge is -2.24. The molecule has 1 N–H and O–H groups in total. The maximum absolute atomic E-state index is 12.8. The van der Waals surface area contributed by atoms with Crippen molar-refractivity contribution in [2.75, 3.05) is 47.5 Å². The summed E-state index contributed by atoms with van der Waals surface area (Å²) in [6, 6.07) is 0. The Morgan fingerprint density at radius 3 is 0.914 bits per heavy atom. The van der Waals surface area contributed by atoms with E-state index in [-0.39, 0.29) is 25.6 Å². The van der Waals surface area contributed by atoms with Crippen LogP contribution in [0.1, 0.15) is 322 Å². The highest BCUT2D eigenvalue weighted by molar-refractivity contribution is 7.47. The number of unbranched alkanes of at least 4 members (excludes halogenated alkanes) is 44. The molecule has 0 amide bonds. The van der Waals surface area contributed by atoms with E-state index in [0.29, 0.717) is 17.4 Å². The van der Waals surface area contributed by atoms with Gasteiger partial charge in [-0.25, -0.2) is 4.57 Å². The molecule has 0 aliphatic rings. The first kappa shape index (κ1) is 69.0. The van der Waals surface area contributed by atoms with Crippen LogP contribution in [0, 0.1) is 0 Å². The maximum Gasteiger partial charge on any atom is 0.472 e. The van der Waals surface area contributed by atoms with Crippen LogP contribution in [0.5, 0.6) is 0 Å². The molecule has 0 aliphatic heterocycles. The van der Waals surface area contributed by atoms with Crippen LogP contribution in [0.3, 0.4) is 0 Å². The van der Waals surface area contributed by atoms with Gasteiger partial charge in [-0.3, -0.25) is 18.6 Å². The second-order valence-electron chi connectivity index (χ2n) is 22.5. The first-order chi connectivity index (χ1) is 34.0. The van der Waals surface area contributed by atoms with Crippen molar-refractivity contribution < 1.29 is 42.1 Å². The zero-order valence-electron chi connectivity index (χ0n) is 47.5. The summed E-state index contributed by atoms with van der Waals surface area (Å²) in [4.78, 5) is 35.5. The predicted molar refractivity (Wildman–Crippen MR) is 298 cm³/mol. The summed E-state index contributed by atoms with van der Waals surface area (Å²) in [6.45, 7) is 4.47. The summed E-state index contributed by atoms with van der Waals surface area (Å²) < 4.78 is 34.5. The monoisotopic (exact) mass is 1010 g/mol. The number of carbonyl (C=O) groups excluding carboxylic acids is 2. The van der Waals surface area contributed by atoms with Crippen LogP contribution in [-0.2, 0) is 32.7 Å². The van der Waals surface area contributed by atoms with Crippen molar-refractivity contribution >= 4 is 19.8 Å². The lowest BCUT2D eigenvalue weighted by molar-refractivity contribution is -0.870. The standard InChI is InChI=1S/C60H120NO8P/c1-6-8-10-12-14-16-18-19-20-21-22-23-24-25-26-27-28-29-30-31-32-33-34-35-36-37-38-39-40-41-42-43-45-47-49-51-53-60(63)69-58(57-68-70(64,65)67-55-54-61(3,4)5)56-66-59(62)52-50-48-46-44-17-15-13-11-9-7-2/h58H,6-57H2,1-5H3/p+1. The number of nitrogens with zero attached hydrogens (tertiary/aromatic N) is 1. The van der Waals surface area contributed by atoms with Crippen LogP contribution in [0.2, 0.25) is 0 Å². The van der Waals surface area contributed by atoms with Gasteiger partial charge in [0.2, 0.25) is 0 Å². The molecule has 70 heavy (non-hydrogen) atoms. The zero-order chi connectivity index (χ0) is 51.3. The third-order valence-electron chi connectivity index (χ3n) is 14.1. The summed E-state index contributed by atoms with van der Waals surface area (Å²) in [5.74, 6) is -0.780. The van der Waals surface area contributed by atoms with E-state index in [9.17, 15) is 19.0 Å². The van der Waals surface area contributed by atoms with Gasteiger partial charge in [0.05, 0.1) is 27.7 Å². The summed E-state index contributed by atoms with van der Waals surface area (Å²) in [6.07, 6.45) is 60.8. The molecule has 0 radical (unpaired) electrons. The van der Waals surface area contributed by atoms with E-state index in [1.165, 1.54) is 257 Å². The minimum Gasteiger partial charge on any atom is -0.462 e. The van der Waals surface area contributed by atoms with Gasteiger partial charge in [0.15, 0.2) is 6.10 Å². The van der Waals surface area contributed by atoms with Crippen LogP contribution in [0.15, 0.2) is 0 Å². The molecule has 2 unspecified atom stereocenters. The van der Waals surface area contributed by atoms with Crippen molar-refractivity contribution in [1.82, 2.24) is 0 Å². The molecule has 0 heterocycles. The molecule has 0 spiro atoms. The largest absolute Gasteiger partial charge is 0.472 e. The van der Waals surface area contributed by atoms with E-state index in [4.69, 9.17) is 18.5 Å². The molecular weight excluding hydrogens is 894 g/mol. The van der Waals surface area contributed by atoms with Crippen molar-refractivity contribution in [3.8, 4) is 0 Å². The van der Waals surface area contributed by atoms with Crippen LogP contribution < -0.4 is 0 Å². The van der Waals surface area contributed by atoms with E-state index >= 15 is 0 Å². The highest BCUT2D eigenvalue weighted by Gasteiger charge is 2.27. The summed E-state index contributed by atoms with van der Waals surface area (Å²) >= 11 is 0. The molecule has 0 saturated heterocycles. The van der Waals surface area contributed by atoms with Gasteiger partial charge in [-0.05, 0) is 12.8 Å². The lowest BCUT2D eigenvalue weighted by atomic mass is 10.0. The Kier molecular flexibility index (Phi) is 52.1. The van der Waals surface area contributed by atoms with E-state index in [1.54, 1.807) is 0 Å². The predicted octanol–water partition coefficient (Wildman–Crippen LogP) is 19.0. The number of carbonyl (C=O) groups is 2. The van der Waals surface area contributed by atoms with Crippen LogP contribution in [0.25, 0.3) is 0 Å². The highest BCUT2D eigenvalue weighted by atomic mass is 31.2. The normalized spacial score (nSPS) is 13.2. The number of phosphoric ester groups is 1. The minimum absolute atomic E-state index is 0.0370. The summed E-state index contributed by atoms with van der Waals surface area (Å²) in [5, 5.41) is 0. The molecule has 0 aromatic carbocycles. The molecule has 418 valence electrons. The Labute approximate surface area is 435 Å². The average molecular weight is 1020 g/mol. The second kappa shape index (κ2) is 52.9. The van der Waals surface area contributed by atoms with E-state index in [1.807, 2.05) is 21.1 Å². The van der Waals surface area contributed by atoms with Gasteiger partial charge in [-0.1, -0.05) is 296 Å². The topological polar surface area (TPSA) is 108 Å². The Balaban J connectivity index is 3.82. The number of phosphoric acid groups is 1. The molecular formula is C60H121NO8P+. The van der Waals surface area contributed by atoms with Gasteiger partial charge < -0.3 is 18.9 Å². The zero-order valence-corrected chi connectivity index (χ0v) is 48.4. The fourth-order valence-electron chi connectivity index (χ4n) is 9.37. The average Bonchev–Trinajstić information content (AvgIpc) is 3.32. The third kappa shape index (κ3) is 56.3. The van der Waals surface area contributed by atoms with E-state index < -0.39 is 26.5 Å². The number of esters is 2. The Hall–Kier alpha value is -0.990. The number of rotatable bonds is 58. The molecule has 0 saturated carbocycles. The van der Waals surface area contributed by atoms with Gasteiger partial charge in [0.1, 0.15) is 19.8 Å². The highest BCUT2D eigenvalue weighted by Crippen LogP contribution is 2.43. The molecule has 10 heteroatoms. The van der Waals surface area contributed by atoms with Gasteiger partial charge in [0.25, 0.3) is 0 Å². The maximum atomic E-state index is 12.8. The fraction of sp³-hybridized carbons (Fsp3) is 0.967. The number of ether oxygens (including phenoxy) is 2. The number of hydrogen-bond acceptors (Lipinski definition) is 7.